The van der Waals surface area contributed by atoms with E-state index in [0.29, 0.717) is 0 Å². The number of carbonyl (C=O) groups excluding carboxylic acids is 1. The van der Waals surface area contributed by atoms with Crippen molar-refractivity contribution >= 4 is 34.0 Å². The molecule has 150 valence electrons. The van der Waals surface area contributed by atoms with Gasteiger partial charge in [0.1, 0.15) is 11.9 Å². The van der Waals surface area contributed by atoms with E-state index in [0.717, 1.165) is 59.7 Å². The zero-order valence-corrected chi connectivity index (χ0v) is 17.2. The molecule has 0 radical (unpaired) electrons. The van der Waals surface area contributed by atoms with Crippen LogP contribution in [0.1, 0.15) is 45.6 Å². The topological polar surface area (TPSA) is 67.0 Å². The van der Waals surface area contributed by atoms with Crippen LogP contribution in [0.5, 0.6) is 0 Å². The van der Waals surface area contributed by atoms with Crippen LogP contribution in [0.25, 0.3) is 21.5 Å². The molecule has 1 saturated heterocycles. The minimum Gasteiger partial charge on any atom is -0.370 e. The van der Waals surface area contributed by atoms with Gasteiger partial charge in [-0.25, -0.2) is 4.98 Å². The summed E-state index contributed by atoms with van der Waals surface area (Å²) in [6, 6.07) is 16.3. The molecule has 0 saturated carbocycles. The minimum absolute atomic E-state index is 0.0516. The number of nitrogens with zero attached hydrogens (tertiary/aromatic N) is 1. The number of amides is 1. The van der Waals surface area contributed by atoms with Crippen molar-refractivity contribution in [3.8, 4) is 10.4 Å². The number of aromatic nitrogens is 2. The lowest BCUT2D eigenvalue weighted by Crippen LogP contribution is -2.10. The third-order valence-electron chi connectivity index (χ3n) is 5.95. The van der Waals surface area contributed by atoms with Gasteiger partial charge < -0.3 is 15.0 Å². The van der Waals surface area contributed by atoms with E-state index in [2.05, 4.69) is 45.6 Å². The molecule has 2 aromatic heterocycles. The van der Waals surface area contributed by atoms with Gasteiger partial charge in [-0.2, -0.15) is 0 Å². The fraction of sp³-hybridized carbons (Fsp3) is 0.250. The van der Waals surface area contributed by atoms with Crippen molar-refractivity contribution in [1.29, 1.82) is 0 Å². The van der Waals surface area contributed by atoms with Gasteiger partial charge in [0, 0.05) is 17.2 Å². The Hall–Kier alpha value is -2.96. The highest BCUT2D eigenvalue weighted by molar-refractivity contribution is 7.17. The van der Waals surface area contributed by atoms with Crippen molar-refractivity contribution < 1.29 is 9.53 Å². The highest BCUT2D eigenvalue weighted by Gasteiger charge is 2.23. The molecule has 0 spiro atoms. The summed E-state index contributed by atoms with van der Waals surface area (Å²) in [6.07, 6.45) is 4.14. The zero-order chi connectivity index (χ0) is 20.1. The van der Waals surface area contributed by atoms with Gasteiger partial charge in [0.25, 0.3) is 5.91 Å². The number of anilines is 1. The van der Waals surface area contributed by atoms with Crippen LogP contribution in [-0.4, -0.2) is 22.5 Å². The number of benzene rings is 2. The smallest absolute Gasteiger partial charge is 0.265 e. The first-order chi connectivity index (χ1) is 14.7. The van der Waals surface area contributed by atoms with Gasteiger partial charge in [-0.3, -0.25) is 4.79 Å². The molecule has 6 rings (SSSR count). The predicted molar refractivity (Wildman–Crippen MR) is 119 cm³/mol. The second kappa shape index (κ2) is 7.07. The average Bonchev–Trinajstić information content (AvgIpc) is 3.51. The number of rotatable bonds is 3. The van der Waals surface area contributed by atoms with Crippen molar-refractivity contribution in [2.45, 2.75) is 31.8 Å². The van der Waals surface area contributed by atoms with Crippen molar-refractivity contribution in [2.24, 2.45) is 0 Å². The molecule has 1 unspecified atom stereocenters. The van der Waals surface area contributed by atoms with E-state index in [1.807, 2.05) is 18.2 Å². The van der Waals surface area contributed by atoms with Crippen molar-refractivity contribution in [3.63, 3.8) is 0 Å². The summed E-state index contributed by atoms with van der Waals surface area (Å²) in [5.41, 5.74) is 6.48. The first kappa shape index (κ1) is 17.9. The molecule has 30 heavy (non-hydrogen) atoms. The number of fused-ring (bicyclic) bond motifs is 4. The second-order valence-corrected chi connectivity index (χ2v) is 8.98. The Bertz CT molecular complexity index is 1270. The molecule has 1 atom stereocenters. The van der Waals surface area contributed by atoms with Crippen LogP contribution in [0, 0.1) is 0 Å². The summed E-state index contributed by atoms with van der Waals surface area (Å²) in [7, 11) is 0. The lowest BCUT2D eigenvalue weighted by molar-refractivity contribution is 0.103. The van der Waals surface area contributed by atoms with Gasteiger partial charge in [0.05, 0.1) is 15.9 Å². The Morgan fingerprint density at radius 3 is 2.93 bits per heavy atom. The minimum atomic E-state index is -0.0647. The number of carbonyl (C=O) groups is 1. The van der Waals surface area contributed by atoms with Crippen LogP contribution in [0.4, 0.5) is 5.69 Å². The quantitative estimate of drug-likeness (QED) is 0.465. The lowest BCUT2D eigenvalue weighted by atomic mass is 9.91. The fourth-order valence-corrected chi connectivity index (χ4v) is 5.60. The maximum atomic E-state index is 12.9. The van der Waals surface area contributed by atoms with Crippen LogP contribution in [0.2, 0.25) is 0 Å². The van der Waals surface area contributed by atoms with Gasteiger partial charge in [0.2, 0.25) is 0 Å². The zero-order valence-electron chi connectivity index (χ0n) is 16.4. The van der Waals surface area contributed by atoms with Gasteiger partial charge in [-0.1, -0.05) is 24.3 Å². The summed E-state index contributed by atoms with van der Waals surface area (Å²) >= 11 is 1.58. The molecule has 5 nitrogen and oxygen atoms in total. The molecule has 2 aromatic carbocycles. The number of aryl methyl sites for hydroxylation is 2. The maximum Gasteiger partial charge on any atom is 0.265 e. The maximum absolute atomic E-state index is 12.9. The highest BCUT2D eigenvalue weighted by Crippen LogP contribution is 2.39. The highest BCUT2D eigenvalue weighted by atomic mass is 32.1. The Morgan fingerprint density at radius 1 is 1.13 bits per heavy atom. The molecule has 1 fully saturated rings. The average molecular weight is 416 g/mol. The molecule has 3 heterocycles. The molecular formula is C24H21N3O2S. The van der Waals surface area contributed by atoms with Crippen molar-refractivity contribution in [1.82, 2.24) is 9.97 Å². The number of hydrogen-bond donors (Lipinski definition) is 2. The van der Waals surface area contributed by atoms with E-state index in [4.69, 9.17) is 4.74 Å². The van der Waals surface area contributed by atoms with E-state index in [-0.39, 0.29) is 12.0 Å². The predicted octanol–water partition coefficient (Wildman–Crippen LogP) is 5.49. The summed E-state index contributed by atoms with van der Waals surface area (Å²) < 4.78 is 5.72. The number of hydrogen-bond acceptors (Lipinski definition) is 4. The summed E-state index contributed by atoms with van der Waals surface area (Å²) in [5.74, 6) is 0.806. The number of aromatic amines is 1. The Morgan fingerprint density at radius 2 is 2.03 bits per heavy atom. The first-order valence-electron chi connectivity index (χ1n) is 10.4. The number of thiophene rings is 1. The van der Waals surface area contributed by atoms with Crippen LogP contribution in [0.3, 0.4) is 0 Å². The van der Waals surface area contributed by atoms with E-state index < -0.39 is 0 Å². The Labute approximate surface area is 178 Å². The molecule has 1 amide bonds. The van der Waals surface area contributed by atoms with Gasteiger partial charge in [-0.15, -0.1) is 11.3 Å². The van der Waals surface area contributed by atoms with Gasteiger partial charge >= 0.3 is 0 Å². The van der Waals surface area contributed by atoms with Crippen molar-refractivity contribution in [2.75, 3.05) is 11.9 Å². The molecule has 0 bridgehead atoms. The molecule has 4 aromatic rings. The van der Waals surface area contributed by atoms with E-state index in [1.54, 1.807) is 11.3 Å². The van der Waals surface area contributed by atoms with Crippen LogP contribution < -0.4 is 5.32 Å². The van der Waals surface area contributed by atoms with Crippen LogP contribution >= 0.6 is 11.3 Å². The number of ether oxygens (including phenoxy) is 1. The van der Waals surface area contributed by atoms with Crippen molar-refractivity contribution in [3.05, 3.63) is 70.4 Å². The molecule has 6 heteroatoms. The molecule has 2 N–H and O–H groups in total. The molecule has 2 aliphatic rings. The third kappa shape index (κ3) is 3.04. The molecular weight excluding hydrogens is 394 g/mol. The van der Waals surface area contributed by atoms with Gasteiger partial charge in [0.15, 0.2) is 0 Å². The molecule has 1 aliphatic carbocycles. The first-order valence-corrected chi connectivity index (χ1v) is 11.2. The summed E-state index contributed by atoms with van der Waals surface area (Å²) in [6.45, 7) is 0.790. The number of H-pyrrole nitrogens is 1. The standard InChI is InChI=1S/C24H21N3O2S/c28-24(21-12-15-8-7-14-4-1-2-5-17(14)22(15)30-21)25-16-9-10-18-19(13-16)27-23(26-18)20-6-3-11-29-20/h1-2,4-5,9-10,12-13,20H,3,6-8,11H2,(H,25,28)(H,26,27). The number of imidazole rings is 1. The van der Waals surface area contributed by atoms with E-state index >= 15 is 0 Å². The number of nitrogens with one attached hydrogen (secondary N) is 2. The van der Waals surface area contributed by atoms with E-state index in [9.17, 15) is 4.79 Å². The monoisotopic (exact) mass is 415 g/mol. The van der Waals surface area contributed by atoms with Crippen LogP contribution in [0.15, 0.2) is 48.5 Å². The van der Waals surface area contributed by atoms with Crippen LogP contribution in [-0.2, 0) is 17.6 Å². The second-order valence-electron chi connectivity index (χ2n) is 7.93. The fourth-order valence-electron chi connectivity index (χ4n) is 4.43. The molecule has 1 aliphatic heterocycles. The van der Waals surface area contributed by atoms with E-state index in [1.165, 1.54) is 21.6 Å². The Kier molecular flexibility index (Phi) is 4.21. The largest absolute Gasteiger partial charge is 0.370 e. The third-order valence-corrected chi connectivity index (χ3v) is 7.16. The Balaban J connectivity index is 1.26. The normalized spacial score (nSPS) is 17.7. The summed E-state index contributed by atoms with van der Waals surface area (Å²) in [4.78, 5) is 22.9. The SMILES string of the molecule is O=C(Nc1ccc2nc(C3CCCO3)[nH]c2c1)c1cc2c(s1)-c1ccccc1CC2. The summed E-state index contributed by atoms with van der Waals surface area (Å²) in [5, 5.41) is 3.05. The lowest BCUT2D eigenvalue weighted by Gasteiger charge is -2.15. The van der Waals surface area contributed by atoms with Gasteiger partial charge in [-0.05, 0) is 66.6 Å².